The van der Waals surface area contributed by atoms with Crippen molar-refractivity contribution in [3.8, 4) is 0 Å². The number of carbonyl (C=O) groups excluding carboxylic acids is 1. The van der Waals surface area contributed by atoms with Gasteiger partial charge < -0.3 is 9.80 Å². The maximum atomic E-state index is 12.8. The van der Waals surface area contributed by atoms with Gasteiger partial charge in [-0.05, 0) is 31.2 Å². The highest BCUT2D eigenvalue weighted by molar-refractivity contribution is 6.30. The molecular weight excluding hydrogens is 255 g/mol. The summed E-state index contributed by atoms with van der Waals surface area (Å²) >= 11 is 5.79. The van der Waals surface area contributed by atoms with Gasteiger partial charge in [0.25, 0.3) is 0 Å². The lowest BCUT2D eigenvalue weighted by atomic mass is 10.2. The van der Waals surface area contributed by atoms with Crippen molar-refractivity contribution >= 4 is 23.2 Å². The molecule has 3 nitrogen and oxygen atoms in total. The second kappa shape index (κ2) is 5.57. The second-order valence-corrected chi connectivity index (χ2v) is 5.06. The standard InChI is InChI=1S/C13H16ClFN2O/c1-10(14)13(18)17-8-6-16(7-9-17)12-4-2-11(15)3-5-12/h2-5,10H,6-9H2,1H3/t10-/m1/s1. The number of halogens is 2. The SMILES string of the molecule is C[C@@H](Cl)C(=O)N1CCN(c2ccc(F)cc2)CC1. The van der Waals surface area contributed by atoms with Gasteiger partial charge in [-0.25, -0.2) is 4.39 Å². The first-order valence-corrected chi connectivity index (χ1v) is 6.45. The maximum Gasteiger partial charge on any atom is 0.240 e. The number of rotatable bonds is 2. The fourth-order valence-electron chi connectivity index (χ4n) is 2.09. The smallest absolute Gasteiger partial charge is 0.240 e. The lowest BCUT2D eigenvalue weighted by Gasteiger charge is -2.36. The predicted molar refractivity (Wildman–Crippen MR) is 70.5 cm³/mol. The zero-order valence-electron chi connectivity index (χ0n) is 10.3. The number of piperazine rings is 1. The molecule has 0 unspecified atom stereocenters. The minimum Gasteiger partial charge on any atom is -0.368 e. The lowest BCUT2D eigenvalue weighted by Crippen LogP contribution is -2.50. The van der Waals surface area contributed by atoms with E-state index in [0.29, 0.717) is 13.1 Å². The molecular formula is C13H16ClFN2O. The van der Waals surface area contributed by atoms with Crippen LogP contribution in [0.25, 0.3) is 0 Å². The van der Waals surface area contributed by atoms with Crippen molar-refractivity contribution in [3.63, 3.8) is 0 Å². The van der Waals surface area contributed by atoms with Crippen LogP contribution in [-0.4, -0.2) is 42.4 Å². The Morgan fingerprint density at radius 1 is 1.22 bits per heavy atom. The Morgan fingerprint density at radius 3 is 2.28 bits per heavy atom. The molecule has 1 heterocycles. The number of hydrogen-bond acceptors (Lipinski definition) is 2. The number of amides is 1. The van der Waals surface area contributed by atoms with E-state index >= 15 is 0 Å². The molecule has 1 atom stereocenters. The molecule has 0 spiro atoms. The van der Waals surface area contributed by atoms with Gasteiger partial charge in [-0.15, -0.1) is 11.6 Å². The molecule has 0 radical (unpaired) electrons. The summed E-state index contributed by atoms with van der Waals surface area (Å²) in [6, 6.07) is 6.43. The van der Waals surface area contributed by atoms with Crippen LogP contribution in [0.15, 0.2) is 24.3 Å². The topological polar surface area (TPSA) is 23.6 Å². The van der Waals surface area contributed by atoms with Crippen molar-refractivity contribution in [1.82, 2.24) is 4.90 Å². The van der Waals surface area contributed by atoms with E-state index in [1.807, 2.05) is 0 Å². The quantitative estimate of drug-likeness (QED) is 0.769. The largest absolute Gasteiger partial charge is 0.368 e. The molecule has 0 bridgehead atoms. The van der Waals surface area contributed by atoms with E-state index in [2.05, 4.69) is 4.90 Å². The highest BCUT2D eigenvalue weighted by Gasteiger charge is 2.23. The molecule has 1 saturated heterocycles. The second-order valence-electron chi connectivity index (χ2n) is 4.40. The molecule has 0 aliphatic carbocycles. The van der Waals surface area contributed by atoms with Gasteiger partial charge in [0, 0.05) is 31.9 Å². The molecule has 2 rings (SSSR count). The number of nitrogens with zero attached hydrogens (tertiary/aromatic N) is 2. The van der Waals surface area contributed by atoms with E-state index in [0.717, 1.165) is 18.8 Å². The van der Waals surface area contributed by atoms with Crippen molar-refractivity contribution in [2.75, 3.05) is 31.1 Å². The highest BCUT2D eigenvalue weighted by Crippen LogP contribution is 2.17. The molecule has 1 aliphatic heterocycles. The summed E-state index contributed by atoms with van der Waals surface area (Å²) in [5.41, 5.74) is 0.988. The summed E-state index contributed by atoms with van der Waals surface area (Å²) < 4.78 is 12.8. The minimum absolute atomic E-state index is 0.0181. The summed E-state index contributed by atoms with van der Waals surface area (Å²) in [7, 11) is 0. The first kappa shape index (κ1) is 13.1. The first-order valence-electron chi connectivity index (χ1n) is 6.01. The summed E-state index contributed by atoms with van der Waals surface area (Å²) in [5, 5.41) is -0.470. The molecule has 1 fully saturated rings. The number of anilines is 1. The molecule has 18 heavy (non-hydrogen) atoms. The normalized spacial score (nSPS) is 17.7. The van der Waals surface area contributed by atoms with Gasteiger partial charge in [-0.3, -0.25) is 4.79 Å². The van der Waals surface area contributed by atoms with Crippen LogP contribution in [0, 0.1) is 5.82 Å². The van der Waals surface area contributed by atoms with Crippen LogP contribution < -0.4 is 4.90 Å². The van der Waals surface area contributed by atoms with Crippen molar-refractivity contribution in [2.24, 2.45) is 0 Å². The lowest BCUT2D eigenvalue weighted by molar-refractivity contribution is -0.130. The molecule has 1 aromatic carbocycles. The van der Waals surface area contributed by atoms with Crippen LogP contribution in [0.4, 0.5) is 10.1 Å². The van der Waals surface area contributed by atoms with E-state index in [-0.39, 0.29) is 11.7 Å². The Morgan fingerprint density at radius 2 is 1.78 bits per heavy atom. The van der Waals surface area contributed by atoms with Crippen LogP contribution in [0.2, 0.25) is 0 Å². The fraction of sp³-hybridized carbons (Fsp3) is 0.462. The molecule has 98 valence electrons. The Labute approximate surface area is 111 Å². The first-order chi connectivity index (χ1) is 8.58. The van der Waals surface area contributed by atoms with Gasteiger partial charge in [0.05, 0.1) is 0 Å². The molecule has 0 aromatic heterocycles. The molecule has 1 aliphatic rings. The molecule has 1 amide bonds. The van der Waals surface area contributed by atoms with Crippen LogP contribution in [0.1, 0.15) is 6.92 Å². The number of carbonyl (C=O) groups is 1. The molecule has 5 heteroatoms. The Hall–Kier alpha value is -1.29. The number of benzene rings is 1. The Kier molecular flexibility index (Phi) is 4.07. The summed E-state index contributed by atoms with van der Waals surface area (Å²) in [5.74, 6) is -0.251. The highest BCUT2D eigenvalue weighted by atomic mass is 35.5. The van der Waals surface area contributed by atoms with E-state index in [1.54, 1.807) is 24.0 Å². The number of alkyl halides is 1. The van der Waals surface area contributed by atoms with E-state index in [4.69, 9.17) is 11.6 Å². The average Bonchev–Trinajstić information content (AvgIpc) is 2.39. The van der Waals surface area contributed by atoms with Gasteiger partial charge in [0.2, 0.25) is 5.91 Å². The van der Waals surface area contributed by atoms with Crippen LogP contribution in [-0.2, 0) is 4.79 Å². The third kappa shape index (κ3) is 2.93. The van der Waals surface area contributed by atoms with Gasteiger partial charge >= 0.3 is 0 Å². The van der Waals surface area contributed by atoms with Crippen LogP contribution in [0.5, 0.6) is 0 Å². The predicted octanol–water partition coefficient (Wildman–Crippen LogP) is 2.10. The van der Waals surface area contributed by atoms with Gasteiger partial charge in [0.1, 0.15) is 11.2 Å². The molecule has 0 N–H and O–H groups in total. The third-order valence-electron chi connectivity index (χ3n) is 3.12. The zero-order chi connectivity index (χ0) is 13.1. The Balaban J connectivity index is 1.94. The average molecular weight is 271 g/mol. The molecule has 0 saturated carbocycles. The van der Waals surface area contributed by atoms with E-state index in [1.165, 1.54) is 12.1 Å². The van der Waals surface area contributed by atoms with Gasteiger partial charge in [0.15, 0.2) is 0 Å². The third-order valence-corrected chi connectivity index (χ3v) is 3.31. The van der Waals surface area contributed by atoms with Crippen molar-refractivity contribution in [2.45, 2.75) is 12.3 Å². The monoisotopic (exact) mass is 270 g/mol. The zero-order valence-corrected chi connectivity index (χ0v) is 11.0. The summed E-state index contributed by atoms with van der Waals surface area (Å²) in [6.45, 7) is 4.51. The van der Waals surface area contributed by atoms with Crippen LogP contribution in [0.3, 0.4) is 0 Å². The molecule has 1 aromatic rings. The van der Waals surface area contributed by atoms with Gasteiger partial charge in [-0.2, -0.15) is 0 Å². The minimum atomic E-state index is -0.470. The summed E-state index contributed by atoms with van der Waals surface area (Å²) in [6.07, 6.45) is 0. The van der Waals surface area contributed by atoms with E-state index in [9.17, 15) is 9.18 Å². The summed E-state index contributed by atoms with van der Waals surface area (Å²) in [4.78, 5) is 15.6. The number of hydrogen-bond donors (Lipinski definition) is 0. The van der Waals surface area contributed by atoms with Crippen LogP contribution >= 0.6 is 11.6 Å². The van der Waals surface area contributed by atoms with Gasteiger partial charge in [-0.1, -0.05) is 0 Å². The van der Waals surface area contributed by atoms with E-state index < -0.39 is 5.38 Å². The van der Waals surface area contributed by atoms with Crippen molar-refractivity contribution < 1.29 is 9.18 Å². The van der Waals surface area contributed by atoms with Crippen molar-refractivity contribution in [1.29, 1.82) is 0 Å². The maximum absolute atomic E-state index is 12.8. The van der Waals surface area contributed by atoms with Crippen molar-refractivity contribution in [3.05, 3.63) is 30.1 Å². The Bertz CT molecular complexity index is 414. The fourth-order valence-corrected chi connectivity index (χ4v) is 2.23.